The summed E-state index contributed by atoms with van der Waals surface area (Å²) in [6.45, 7) is 0.466. The van der Waals surface area contributed by atoms with Gasteiger partial charge >= 0.3 is 6.03 Å². The number of hydrogen-bond acceptors (Lipinski definition) is 4. The Morgan fingerprint density at radius 2 is 2.26 bits per heavy atom. The van der Waals surface area contributed by atoms with Gasteiger partial charge in [0.1, 0.15) is 0 Å². The number of methoxy groups -OCH3 is 1. The molecule has 2 aromatic rings. The van der Waals surface area contributed by atoms with Crippen molar-refractivity contribution >= 4 is 11.7 Å². The van der Waals surface area contributed by atoms with Crippen LogP contribution >= 0.6 is 0 Å². The molecule has 1 heterocycles. The van der Waals surface area contributed by atoms with Crippen molar-refractivity contribution in [3.8, 4) is 11.5 Å². The van der Waals surface area contributed by atoms with E-state index in [1.165, 1.54) is 7.11 Å². The monoisotopic (exact) mass is 313 g/mol. The zero-order chi connectivity index (χ0) is 16.2. The van der Waals surface area contributed by atoms with Crippen LogP contribution in [0.15, 0.2) is 42.7 Å². The van der Waals surface area contributed by atoms with E-state index in [9.17, 15) is 9.90 Å². The molecule has 0 radical (unpaired) electrons. The van der Waals surface area contributed by atoms with Crippen molar-refractivity contribution < 1.29 is 14.6 Å². The minimum absolute atomic E-state index is 0.0917. The van der Waals surface area contributed by atoms with E-state index in [2.05, 4.69) is 10.3 Å². The summed E-state index contributed by atoms with van der Waals surface area (Å²) in [5.41, 5.74) is 1.58. The second kappa shape index (κ2) is 6.56. The lowest BCUT2D eigenvalue weighted by Gasteiger charge is -2.23. The smallest absolute Gasteiger partial charge is 0.322 e. The number of anilines is 1. The van der Waals surface area contributed by atoms with Gasteiger partial charge in [0.05, 0.1) is 19.0 Å². The van der Waals surface area contributed by atoms with Crippen LogP contribution in [0.3, 0.4) is 0 Å². The van der Waals surface area contributed by atoms with Gasteiger partial charge in [0, 0.05) is 18.8 Å². The predicted molar refractivity (Wildman–Crippen MR) is 86.5 cm³/mol. The van der Waals surface area contributed by atoms with Crippen molar-refractivity contribution in [2.45, 2.75) is 25.4 Å². The van der Waals surface area contributed by atoms with Crippen LogP contribution < -0.4 is 10.1 Å². The molecule has 0 unspecified atom stereocenters. The summed E-state index contributed by atoms with van der Waals surface area (Å²) in [6.07, 6.45) is 5.30. The van der Waals surface area contributed by atoms with Gasteiger partial charge in [0.2, 0.25) is 0 Å². The zero-order valence-electron chi connectivity index (χ0n) is 12.9. The average molecular weight is 313 g/mol. The molecule has 120 valence electrons. The Labute approximate surface area is 134 Å². The normalized spacial score (nSPS) is 13.4. The maximum atomic E-state index is 12.5. The van der Waals surface area contributed by atoms with E-state index in [-0.39, 0.29) is 17.8 Å². The SMILES string of the molecule is COc1cc(CN(C(=O)Nc2cccnc2)C2CC2)ccc1O. The molecule has 1 aromatic heterocycles. The van der Waals surface area contributed by atoms with Crippen LogP contribution in [0, 0.1) is 0 Å². The van der Waals surface area contributed by atoms with Crippen LogP contribution in [-0.2, 0) is 6.54 Å². The Balaban J connectivity index is 1.73. The Kier molecular flexibility index (Phi) is 4.32. The van der Waals surface area contributed by atoms with Crippen LogP contribution in [-0.4, -0.2) is 34.2 Å². The molecule has 2 amide bonds. The average Bonchev–Trinajstić information content (AvgIpc) is 3.39. The van der Waals surface area contributed by atoms with E-state index in [4.69, 9.17) is 4.74 Å². The van der Waals surface area contributed by atoms with Gasteiger partial charge in [-0.3, -0.25) is 4.98 Å². The number of rotatable bonds is 5. The number of nitrogens with zero attached hydrogens (tertiary/aromatic N) is 2. The molecule has 23 heavy (non-hydrogen) atoms. The molecule has 1 aliphatic carbocycles. The number of pyridine rings is 1. The maximum absolute atomic E-state index is 12.5. The number of benzene rings is 1. The highest BCUT2D eigenvalue weighted by Crippen LogP contribution is 2.31. The molecule has 6 heteroatoms. The van der Waals surface area contributed by atoms with Gasteiger partial charge in [-0.05, 0) is 42.7 Å². The van der Waals surface area contributed by atoms with E-state index >= 15 is 0 Å². The number of carbonyl (C=O) groups excluding carboxylic acids is 1. The lowest BCUT2D eigenvalue weighted by Crippen LogP contribution is -2.36. The van der Waals surface area contributed by atoms with Crippen molar-refractivity contribution in [3.63, 3.8) is 0 Å². The number of phenolic OH excluding ortho intramolecular Hbond substituents is 1. The number of urea groups is 1. The molecular formula is C17H19N3O3. The third-order valence-electron chi connectivity index (χ3n) is 3.76. The molecule has 0 bridgehead atoms. The number of nitrogens with one attached hydrogen (secondary N) is 1. The fourth-order valence-electron chi connectivity index (χ4n) is 2.40. The number of aromatic nitrogens is 1. The molecule has 1 saturated carbocycles. The molecule has 2 N–H and O–H groups in total. The molecule has 3 rings (SSSR count). The van der Waals surface area contributed by atoms with Crippen LogP contribution in [0.5, 0.6) is 11.5 Å². The van der Waals surface area contributed by atoms with Crippen LogP contribution in [0.25, 0.3) is 0 Å². The summed E-state index contributed by atoms with van der Waals surface area (Å²) in [7, 11) is 1.51. The summed E-state index contributed by atoms with van der Waals surface area (Å²) in [5, 5.41) is 12.5. The van der Waals surface area contributed by atoms with Crippen LogP contribution in [0.2, 0.25) is 0 Å². The molecule has 1 fully saturated rings. The maximum Gasteiger partial charge on any atom is 0.322 e. The van der Waals surface area contributed by atoms with Gasteiger partial charge < -0.3 is 20.1 Å². The highest BCUT2D eigenvalue weighted by Gasteiger charge is 2.32. The predicted octanol–water partition coefficient (Wildman–Crippen LogP) is 2.99. The molecular weight excluding hydrogens is 294 g/mol. The Bertz CT molecular complexity index is 687. The van der Waals surface area contributed by atoms with Gasteiger partial charge in [-0.1, -0.05) is 6.07 Å². The fraction of sp³-hybridized carbons (Fsp3) is 0.294. The number of ether oxygens (including phenoxy) is 1. The highest BCUT2D eigenvalue weighted by atomic mass is 16.5. The van der Waals surface area contributed by atoms with Gasteiger partial charge in [0.25, 0.3) is 0 Å². The summed E-state index contributed by atoms with van der Waals surface area (Å²) < 4.78 is 5.12. The standard InChI is InChI=1S/C17H19N3O3/c1-23-16-9-12(4-7-15(16)21)11-20(14-5-6-14)17(22)19-13-3-2-8-18-10-13/h2-4,7-10,14,21H,5-6,11H2,1H3,(H,19,22). The van der Waals surface area contributed by atoms with E-state index < -0.39 is 0 Å². The molecule has 1 aromatic carbocycles. The third-order valence-corrected chi connectivity index (χ3v) is 3.76. The van der Waals surface area contributed by atoms with Crippen molar-refractivity contribution in [2.24, 2.45) is 0 Å². The van der Waals surface area contributed by atoms with Crippen LogP contribution in [0.1, 0.15) is 18.4 Å². The lowest BCUT2D eigenvalue weighted by molar-refractivity contribution is 0.206. The molecule has 6 nitrogen and oxygen atoms in total. The number of carbonyl (C=O) groups is 1. The minimum Gasteiger partial charge on any atom is -0.504 e. The highest BCUT2D eigenvalue weighted by molar-refractivity contribution is 5.89. The Morgan fingerprint density at radius 1 is 1.43 bits per heavy atom. The summed E-state index contributed by atoms with van der Waals surface area (Å²) in [6, 6.07) is 8.82. The molecule has 0 spiro atoms. The van der Waals surface area contributed by atoms with E-state index in [0.717, 1.165) is 18.4 Å². The fourth-order valence-corrected chi connectivity index (χ4v) is 2.40. The Hall–Kier alpha value is -2.76. The molecule has 0 atom stereocenters. The minimum atomic E-state index is -0.146. The van der Waals surface area contributed by atoms with Crippen molar-refractivity contribution in [1.82, 2.24) is 9.88 Å². The first-order chi connectivity index (χ1) is 11.2. The first-order valence-corrected chi connectivity index (χ1v) is 7.51. The quantitative estimate of drug-likeness (QED) is 0.890. The molecule has 0 saturated heterocycles. The number of phenols is 1. The van der Waals surface area contributed by atoms with Gasteiger partial charge in [-0.2, -0.15) is 0 Å². The second-order valence-electron chi connectivity index (χ2n) is 5.54. The first kappa shape index (κ1) is 15.1. The summed E-state index contributed by atoms with van der Waals surface area (Å²) in [5.74, 6) is 0.500. The summed E-state index contributed by atoms with van der Waals surface area (Å²) in [4.78, 5) is 18.3. The molecule has 0 aliphatic heterocycles. The zero-order valence-corrected chi connectivity index (χ0v) is 12.9. The van der Waals surface area contributed by atoms with Gasteiger partial charge in [-0.15, -0.1) is 0 Å². The van der Waals surface area contributed by atoms with E-state index in [0.29, 0.717) is 18.0 Å². The largest absolute Gasteiger partial charge is 0.504 e. The van der Waals surface area contributed by atoms with Crippen molar-refractivity contribution in [2.75, 3.05) is 12.4 Å². The topological polar surface area (TPSA) is 74.7 Å². The first-order valence-electron chi connectivity index (χ1n) is 7.51. The number of hydrogen-bond donors (Lipinski definition) is 2. The molecule has 1 aliphatic rings. The van der Waals surface area contributed by atoms with Crippen LogP contribution in [0.4, 0.5) is 10.5 Å². The van der Waals surface area contributed by atoms with Gasteiger partial charge in [-0.25, -0.2) is 4.79 Å². The lowest BCUT2D eigenvalue weighted by atomic mass is 10.2. The number of aromatic hydroxyl groups is 1. The van der Waals surface area contributed by atoms with Crippen molar-refractivity contribution in [1.29, 1.82) is 0 Å². The van der Waals surface area contributed by atoms with E-state index in [1.807, 2.05) is 0 Å². The summed E-state index contributed by atoms with van der Waals surface area (Å²) >= 11 is 0. The van der Waals surface area contributed by atoms with Gasteiger partial charge in [0.15, 0.2) is 11.5 Å². The van der Waals surface area contributed by atoms with E-state index in [1.54, 1.807) is 47.6 Å². The number of amides is 2. The second-order valence-corrected chi connectivity index (χ2v) is 5.54. The third kappa shape index (κ3) is 3.71. The Morgan fingerprint density at radius 3 is 2.91 bits per heavy atom. The van der Waals surface area contributed by atoms with Crippen molar-refractivity contribution in [3.05, 3.63) is 48.3 Å².